The maximum Gasteiger partial charge on any atom is 0.191 e. The third-order valence-electron chi connectivity index (χ3n) is 4.94. The molecule has 6 nitrogen and oxygen atoms in total. The monoisotopic (exact) mass is 497 g/mol. The SMILES string of the molecule is CCNC(=NCc1ccco1)NCC(C)N1CCN(c2ccccc2)CC1.I. The van der Waals surface area contributed by atoms with Gasteiger partial charge in [0, 0.05) is 51.0 Å². The molecule has 1 aromatic heterocycles. The van der Waals surface area contributed by atoms with Crippen molar-refractivity contribution in [2.45, 2.75) is 26.4 Å². The van der Waals surface area contributed by atoms with Crippen LogP contribution in [-0.4, -0.2) is 56.2 Å². The Labute approximate surface area is 185 Å². The predicted molar refractivity (Wildman–Crippen MR) is 127 cm³/mol. The van der Waals surface area contributed by atoms with Crippen LogP contribution in [-0.2, 0) is 6.54 Å². The van der Waals surface area contributed by atoms with E-state index in [0.717, 1.165) is 51.0 Å². The number of nitrogens with zero attached hydrogens (tertiary/aromatic N) is 3. The molecule has 1 aliphatic rings. The van der Waals surface area contributed by atoms with Gasteiger partial charge >= 0.3 is 0 Å². The number of guanidine groups is 1. The first-order valence-electron chi connectivity index (χ1n) is 9.85. The largest absolute Gasteiger partial charge is 0.467 e. The molecule has 0 radical (unpaired) electrons. The number of nitrogens with one attached hydrogen (secondary N) is 2. The molecule has 0 spiro atoms. The van der Waals surface area contributed by atoms with Gasteiger partial charge in [0.2, 0.25) is 0 Å². The molecule has 1 unspecified atom stereocenters. The fraction of sp³-hybridized carbons (Fsp3) is 0.476. The second-order valence-corrected chi connectivity index (χ2v) is 6.86. The molecule has 2 aromatic rings. The van der Waals surface area contributed by atoms with Crippen LogP contribution < -0.4 is 15.5 Å². The Bertz CT molecular complexity index is 684. The van der Waals surface area contributed by atoms with Crippen molar-refractivity contribution in [3.63, 3.8) is 0 Å². The number of hydrogen-bond acceptors (Lipinski definition) is 4. The van der Waals surface area contributed by atoms with Gasteiger partial charge in [-0.25, -0.2) is 4.99 Å². The molecular weight excluding hydrogens is 465 g/mol. The second kappa shape index (κ2) is 12.0. The maximum atomic E-state index is 5.35. The molecule has 2 heterocycles. The predicted octanol–water partition coefficient (Wildman–Crippen LogP) is 3.16. The Kier molecular flexibility index (Phi) is 9.63. The molecule has 0 aliphatic carbocycles. The Hall–Kier alpha value is -1.74. The van der Waals surface area contributed by atoms with Gasteiger partial charge in [0.15, 0.2) is 5.96 Å². The smallest absolute Gasteiger partial charge is 0.191 e. The van der Waals surface area contributed by atoms with Crippen molar-refractivity contribution < 1.29 is 4.42 Å². The normalized spacial score (nSPS) is 16.4. The Balaban J connectivity index is 0.00000280. The second-order valence-electron chi connectivity index (χ2n) is 6.86. The molecule has 7 heteroatoms. The van der Waals surface area contributed by atoms with Crippen LogP contribution in [0.15, 0.2) is 58.1 Å². The van der Waals surface area contributed by atoms with Gasteiger partial charge < -0.3 is 20.0 Å². The van der Waals surface area contributed by atoms with Crippen LogP contribution >= 0.6 is 24.0 Å². The van der Waals surface area contributed by atoms with Crippen LogP contribution in [0.4, 0.5) is 5.69 Å². The highest BCUT2D eigenvalue weighted by Gasteiger charge is 2.21. The lowest BCUT2D eigenvalue weighted by molar-refractivity contribution is 0.197. The molecule has 1 aliphatic heterocycles. The first-order chi connectivity index (χ1) is 13.3. The number of furan rings is 1. The molecule has 154 valence electrons. The van der Waals surface area contributed by atoms with E-state index in [1.165, 1.54) is 5.69 Å². The fourth-order valence-corrected chi connectivity index (χ4v) is 3.33. The Morgan fingerprint density at radius 1 is 1.07 bits per heavy atom. The van der Waals surface area contributed by atoms with Gasteiger partial charge in [-0.3, -0.25) is 4.90 Å². The first-order valence-corrected chi connectivity index (χ1v) is 9.85. The van der Waals surface area contributed by atoms with Crippen molar-refractivity contribution >= 4 is 35.6 Å². The minimum Gasteiger partial charge on any atom is -0.467 e. The third kappa shape index (κ3) is 6.70. The fourth-order valence-electron chi connectivity index (χ4n) is 3.33. The molecule has 28 heavy (non-hydrogen) atoms. The van der Waals surface area contributed by atoms with Gasteiger partial charge in [-0.05, 0) is 38.1 Å². The minimum absolute atomic E-state index is 0. The summed E-state index contributed by atoms with van der Waals surface area (Å²) in [6.45, 7) is 10.9. The number of rotatable bonds is 7. The number of halogens is 1. The van der Waals surface area contributed by atoms with Crippen molar-refractivity contribution in [1.82, 2.24) is 15.5 Å². The third-order valence-corrected chi connectivity index (χ3v) is 4.94. The van der Waals surface area contributed by atoms with Crippen LogP contribution in [0.1, 0.15) is 19.6 Å². The average Bonchev–Trinajstić information content (AvgIpc) is 3.24. The van der Waals surface area contributed by atoms with Crippen LogP contribution in [0.2, 0.25) is 0 Å². The lowest BCUT2D eigenvalue weighted by Gasteiger charge is -2.39. The number of para-hydroxylation sites is 1. The van der Waals surface area contributed by atoms with E-state index in [9.17, 15) is 0 Å². The number of aliphatic imine (C=N–C) groups is 1. The molecule has 1 atom stereocenters. The number of benzene rings is 1. The van der Waals surface area contributed by atoms with Crippen molar-refractivity contribution in [3.8, 4) is 0 Å². The van der Waals surface area contributed by atoms with Gasteiger partial charge in [-0.1, -0.05) is 18.2 Å². The van der Waals surface area contributed by atoms with E-state index in [1.807, 2.05) is 12.1 Å². The lowest BCUT2D eigenvalue weighted by atomic mass is 10.2. The molecule has 0 saturated carbocycles. The van der Waals surface area contributed by atoms with Crippen molar-refractivity contribution in [2.24, 2.45) is 4.99 Å². The quantitative estimate of drug-likeness (QED) is 0.350. The first kappa shape index (κ1) is 22.5. The van der Waals surface area contributed by atoms with Crippen LogP contribution in [0.25, 0.3) is 0 Å². The number of piperazine rings is 1. The molecule has 0 bridgehead atoms. The van der Waals surface area contributed by atoms with E-state index in [1.54, 1.807) is 6.26 Å². The van der Waals surface area contributed by atoms with Crippen molar-refractivity contribution in [2.75, 3.05) is 44.2 Å². The highest BCUT2D eigenvalue weighted by Crippen LogP contribution is 2.16. The standard InChI is InChI=1S/C21H31N5O.HI/c1-3-22-21(24-17-20-10-7-15-27-20)23-16-18(2)25-11-13-26(14-12-25)19-8-5-4-6-9-19;/h4-10,15,18H,3,11-14,16-17H2,1-2H3,(H2,22,23,24);1H. The van der Waals surface area contributed by atoms with E-state index in [0.29, 0.717) is 12.6 Å². The summed E-state index contributed by atoms with van der Waals surface area (Å²) in [5.41, 5.74) is 1.32. The van der Waals surface area contributed by atoms with Gasteiger partial charge in [0.05, 0.1) is 6.26 Å². The van der Waals surface area contributed by atoms with E-state index < -0.39 is 0 Å². The molecular formula is C21H32IN5O. The molecule has 1 aromatic carbocycles. The Morgan fingerprint density at radius 3 is 2.46 bits per heavy atom. The minimum atomic E-state index is 0. The van der Waals surface area contributed by atoms with E-state index >= 15 is 0 Å². The summed E-state index contributed by atoms with van der Waals surface area (Å²) in [7, 11) is 0. The molecule has 1 saturated heterocycles. The van der Waals surface area contributed by atoms with E-state index in [2.05, 4.69) is 69.6 Å². The van der Waals surface area contributed by atoms with Gasteiger partial charge in [0.1, 0.15) is 12.3 Å². The van der Waals surface area contributed by atoms with E-state index in [-0.39, 0.29) is 24.0 Å². The zero-order valence-electron chi connectivity index (χ0n) is 16.8. The van der Waals surface area contributed by atoms with Gasteiger partial charge in [-0.15, -0.1) is 24.0 Å². The highest BCUT2D eigenvalue weighted by molar-refractivity contribution is 14.0. The summed E-state index contributed by atoms with van der Waals surface area (Å²) in [6, 6.07) is 15.0. The molecule has 1 fully saturated rings. The zero-order valence-corrected chi connectivity index (χ0v) is 19.1. The molecule has 3 rings (SSSR count). The summed E-state index contributed by atoms with van der Waals surface area (Å²) in [5.74, 6) is 1.71. The summed E-state index contributed by atoms with van der Waals surface area (Å²) < 4.78 is 5.35. The average molecular weight is 497 g/mol. The summed E-state index contributed by atoms with van der Waals surface area (Å²) in [5, 5.41) is 6.77. The lowest BCUT2D eigenvalue weighted by Crippen LogP contribution is -2.53. The van der Waals surface area contributed by atoms with Gasteiger partial charge in [0.25, 0.3) is 0 Å². The molecule has 0 amide bonds. The van der Waals surface area contributed by atoms with Crippen molar-refractivity contribution in [3.05, 3.63) is 54.5 Å². The van der Waals surface area contributed by atoms with Crippen LogP contribution in [0, 0.1) is 0 Å². The van der Waals surface area contributed by atoms with Gasteiger partial charge in [-0.2, -0.15) is 0 Å². The summed E-state index contributed by atoms with van der Waals surface area (Å²) in [4.78, 5) is 9.61. The Morgan fingerprint density at radius 2 is 1.82 bits per heavy atom. The zero-order chi connectivity index (χ0) is 18.9. The number of hydrogen-bond donors (Lipinski definition) is 2. The molecule has 2 N–H and O–H groups in total. The summed E-state index contributed by atoms with van der Waals surface area (Å²) >= 11 is 0. The highest BCUT2D eigenvalue weighted by atomic mass is 127. The number of anilines is 1. The maximum absolute atomic E-state index is 5.35. The van der Waals surface area contributed by atoms with E-state index in [4.69, 9.17) is 4.42 Å². The van der Waals surface area contributed by atoms with Crippen molar-refractivity contribution in [1.29, 1.82) is 0 Å². The van der Waals surface area contributed by atoms with Crippen LogP contribution in [0.3, 0.4) is 0 Å². The topological polar surface area (TPSA) is 56.0 Å². The van der Waals surface area contributed by atoms with Crippen LogP contribution in [0.5, 0.6) is 0 Å². The summed E-state index contributed by atoms with van der Waals surface area (Å²) in [6.07, 6.45) is 1.68.